The van der Waals surface area contributed by atoms with Crippen LogP contribution >= 0.6 is 0 Å². The van der Waals surface area contributed by atoms with Crippen LogP contribution in [0, 0.1) is 11.8 Å². The largest absolute Gasteiger partial charge is 0.326 e. The number of rotatable bonds is 8. The number of hydrogen-bond donors (Lipinski definition) is 1. The lowest BCUT2D eigenvalue weighted by Gasteiger charge is -2.29. The summed E-state index contributed by atoms with van der Waals surface area (Å²) in [7, 11) is 0. The standard InChI is InChI=1S/C13H30N2/c1-6-12(7-2)9-15(8-3)10-13(14)11(4)5/h11-13H,6-10,14H2,1-5H3. The third-order valence-corrected chi connectivity index (χ3v) is 3.44. The molecule has 0 heterocycles. The van der Waals surface area contributed by atoms with E-state index in [0.717, 1.165) is 19.0 Å². The topological polar surface area (TPSA) is 29.3 Å². The van der Waals surface area contributed by atoms with E-state index in [-0.39, 0.29) is 0 Å². The maximum atomic E-state index is 6.11. The van der Waals surface area contributed by atoms with E-state index < -0.39 is 0 Å². The summed E-state index contributed by atoms with van der Waals surface area (Å²) in [5, 5.41) is 0. The summed E-state index contributed by atoms with van der Waals surface area (Å²) in [5.41, 5.74) is 6.11. The lowest BCUT2D eigenvalue weighted by Crippen LogP contribution is -2.42. The molecule has 2 nitrogen and oxygen atoms in total. The molecule has 0 aromatic heterocycles. The zero-order valence-electron chi connectivity index (χ0n) is 11.3. The smallest absolute Gasteiger partial charge is 0.0191 e. The van der Waals surface area contributed by atoms with Crippen LogP contribution in [0.1, 0.15) is 47.5 Å². The molecule has 1 unspecified atom stereocenters. The summed E-state index contributed by atoms with van der Waals surface area (Å²) < 4.78 is 0. The van der Waals surface area contributed by atoms with Crippen LogP contribution < -0.4 is 5.73 Å². The average molecular weight is 214 g/mol. The Hall–Kier alpha value is -0.0800. The number of hydrogen-bond acceptors (Lipinski definition) is 2. The Bertz CT molecular complexity index is 137. The van der Waals surface area contributed by atoms with Crippen molar-refractivity contribution in [3.8, 4) is 0 Å². The van der Waals surface area contributed by atoms with Gasteiger partial charge in [0, 0.05) is 19.1 Å². The van der Waals surface area contributed by atoms with Gasteiger partial charge in [0.2, 0.25) is 0 Å². The van der Waals surface area contributed by atoms with E-state index in [9.17, 15) is 0 Å². The van der Waals surface area contributed by atoms with Crippen molar-refractivity contribution in [3.63, 3.8) is 0 Å². The van der Waals surface area contributed by atoms with Crippen molar-refractivity contribution in [2.75, 3.05) is 19.6 Å². The molecule has 0 spiro atoms. The Kier molecular flexibility index (Phi) is 8.07. The predicted molar refractivity (Wildman–Crippen MR) is 69.0 cm³/mol. The van der Waals surface area contributed by atoms with Gasteiger partial charge in [-0.05, 0) is 18.4 Å². The fourth-order valence-corrected chi connectivity index (χ4v) is 1.75. The molecule has 2 N–H and O–H groups in total. The van der Waals surface area contributed by atoms with E-state index in [1.165, 1.54) is 19.4 Å². The van der Waals surface area contributed by atoms with E-state index in [1.54, 1.807) is 0 Å². The molecule has 0 saturated carbocycles. The molecule has 92 valence electrons. The van der Waals surface area contributed by atoms with Crippen LogP contribution in [0.3, 0.4) is 0 Å². The van der Waals surface area contributed by atoms with Gasteiger partial charge in [0.25, 0.3) is 0 Å². The minimum Gasteiger partial charge on any atom is -0.326 e. The van der Waals surface area contributed by atoms with E-state index in [2.05, 4.69) is 39.5 Å². The Morgan fingerprint density at radius 1 is 1.00 bits per heavy atom. The quantitative estimate of drug-likeness (QED) is 0.673. The molecule has 15 heavy (non-hydrogen) atoms. The average Bonchev–Trinajstić information content (AvgIpc) is 2.23. The Morgan fingerprint density at radius 2 is 1.53 bits per heavy atom. The first-order valence-corrected chi connectivity index (χ1v) is 6.52. The molecule has 1 atom stereocenters. The molecular weight excluding hydrogens is 184 g/mol. The highest BCUT2D eigenvalue weighted by Gasteiger charge is 2.15. The van der Waals surface area contributed by atoms with Gasteiger partial charge in [0.05, 0.1) is 0 Å². The third-order valence-electron chi connectivity index (χ3n) is 3.44. The van der Waals surface area contributed by atoms with Crippen molar-refractivity contribution in [2.45, 2.75) is 53.5 Å². The normalized spacial score (nSPS) is 14.2. The number of likely N-dealkylation sites (N-methyl/N-ethyl adjacent to an activating group) is 1. The molecule has 2 heteroatoms. The first kappa shape index (κ1) is 14.9. The molecule has 0 aliphatic rings. The van der Waals surface area contributed by atoms with Gasteiger partial charge in [0.15, 0.2) is 0 Å². The van der Waals surface area contributed by atoms with E-state index >= 15 is 0 Å². The number of nitrogens with zero attached hydrogens (tertiary/aromatic N) is 1. The summed E-state index contributed by atoms with van der Waals surface area (Å²) in [6.45, 7) is 14.6. The summed E-state index contributed by atoms with van der Waals surface area (Å²) in [5.74, 6) is 1.42. The molecule has 0 saturated heterocycles. The van der Waals surface area contributed by atoms with Crippen LogP contribution in [0.4, 0.5) is 0 Å². The zero-order chi connectivity index (χ0) is 11.8. The SMILES string of the molecule is CCC(CC)CN(CC)CC(N)C(C)C. The van der Waals surface area contributed by atoms with Gasteiger partial charge in [-0.3, -0.25) is 0 Å². The molecule has 0 bridgehead atoms. The molecule has 0 rings (SSSR count). The van der Waals surface area contributed by atoms with Crippen molar-refractivity contribution in [1.82, 2.24) is 4.90 Å². The van der Waals surface area contributed by atoms with E-state index in [1.807, 2.05) is 0 Å². The second-order valence-electron chi connectivity index (χ2n) is 4.94. The van der Waals surface area contributed by atoms with Crippen LogP contribution in [0.2, 0.25) is 0 Å². The lowest BCUT2D eigenvalue weighted by atomic mass is 10.0. The van der Waals surface area contributed by atoms with Gasteiger partial charge in [-0.15, -0.1) is 0 Å². The van der Waals surface area contributed by atoms with Crippen molar-refractivity contribution >= 4 is 0 Å². The van der Waals surface area contributed by atoms with Gasteiger partial charge in [-0.25, -0.2) is 0 Å². The van der Waals surface area contributed by atoms with Crippen LogP contribution in [-0.4, -0.2) is 30.6 Å². The second-order valence-corrected chi connectivity index (χ2v) is 4.94. The molecular formula is C13H30N2. The molecule has 0 radical (unpaired) electrons. The Balaban J connectivity index is 4.01. The first-order valence-electron chi connectivity index (χ1n) is 6.52. The first-order chi connectivity index (χ1) is 7.04. The van der Waals surface area contributed by atoms with Gasteiger partial charge < -0.3 is 10.6 Å². The van der Waals surface area contributed by atoms with Crippen LogP contribution in [0.15, 0.2) is 0 Å². The molecule has 0 aromatic carbocycles. The molecule has 0 aliphatic heterocycles. The van der Waals surface area contributed by atoms with Gasteiger partial charge in [0.1, 0.15) is 0 Å². The molecule has 0 fully saturated rings. The molecule has 0 aliphatic carbocycles. The number of nitrogens with two attached hydrogens (primary N) is 1. The Morgan fingerprint density at radius 3 is 1.87 bits per heavy atom. The highest BCUT2D eigenvalue weighted by Crippen LogP contribution is 2.11. The maximum Gasteiger partial charge on any atom is 0.0191 e. The van der Waals surface area contributed by atoms with E-state index in [4.69, 9.17) is 5.73 Å². The minimum atomic E-state index is 0.319. The lowest BCUT2D eigenvalue weighted by molar-refractivity contribution is 0.208. The molecule has 0 amide bonds. The van der Waals surface area contributed by atoms with Gasteiger partial charge in [-0.2, -0.15) is 0 Å². The predicted octanol–water partition coefficient (Wildman–Crippen LogP) is 2.73. The zero-order valence-corrected chi connectivity index (χ0v) is 11.3. The van der Waals surface area contributed by atoms with Crippen LogP contribution in [-0.2, 0) is 0 Å². The van der Waals surface area contributed by atoms with Crippen molar-refractivity contribution in [2.24, 2.45) is 17.6 Å². The second kappa shape index (κ2) is 8.12. The Labute approximate surface area is 96.2 Å². The van der Waals surface area contributed by atoms with E-state index in [0.29, 0.717) is 12.0 Å². The van der Waals surface area contributed by atoms with Crippen molar-refractivity contribution in [3.05, 3.63) is 0 Å². The summed E-state index contributed by atoms with van der Waals surface area (Å²) >= 11 is 0. The highest BCUT2D eigenvalue weighted by molar-refractivity contribution is 4.72. The van der Waals surface area contributed by atoms with Crippen molar-refractivity contribution < 1.29 is 0 Å². The van der Waals surface area contributed by atoms with Crippen LogP contribution in [0.25, 0.3) is 0 Å². The maximum absolute atomic E-state index is 6.11. The van der Waals surface area contributed by atoms with Crippen molar-refractivity contribution in [1.29, 1.82) is 0 Å². The summed E-state index contributed by atoms with van der Waals surface area (Å²) in [6.07, 6.45) is 2.56. The van der Waals surface area contributed by atoms with Crippen LogP contribution in [0.5, 0.6) is 0 Å². The summed E-state index contributed by atoms with van der Waals surface area (Å²) in [6, 6.07) is 0.319. The fourth-order valence-electron chi connectivity index (χ4n) is 1.75. The van der Waals surface area contributed by atoms with Gasteiger partial charge in [-0.1, -0.05) is 47.5 Å². The molecule has 0 aromatic rings. The van der Waals surface area contributed by atoms with Gasteiger partial charge >= 0.3 is 0 Å². The highest BCUT2D eigenvalue weighted by atomic mass is 15.1. The monoisotopic (exact) mass is 214 g/mol. The fraction of sp³-hybridized carbons (Fsp3) is 1.00. The minimum absolute atomic E-state index is 0.319. The third kappa shape index (κ3) is 6.16. The summed E-state index contributed by atoms with van der Waals surface area (Å²) in [4.78, 5) is 2.50.